The maximum atomic E-state index is 8.94. The second-order valence-electron chi connectivity index (χ2n) is 5.96. The Morgan fingerprint density at radius 1 is 1.24 bits per heavy atom. The molecule has 0 spiro atoms. The van der Waals surface area contributed by atoms with Gasteiger partial charge in [0.15, 0.2) is 0 Å². The zero-order valence-electron chi connectivity index (χ0n) is 13.7. The molecule has 8 heteroatoms. The van der Waals surface area contributed by atoms with Gasteiger partial charge in [0.1, 0.15) is 0 Å². The molecule has 0 aliphatic carbocycles. The Hall–Kier alpha value is -2.74. The first-order valence-electron chi connectivity index (χ1n) is 8.27. The summed E-state index contributed by atoms with van der Waals surface area (Å²) in [5.74, 6) is 2.87. The molecule has 1 aliphatic heterocycles. The maximum absolute atomic E-state index is 8.94. The van der Waals surface area contributed by atoms with Crippen molar-refractivity contribution in [3.8, 4) is 11.4 Å². The van der Waals surface area contributed by atoms with Crippen LogP contribution in [0, 0.1) is 0 Å². The first-order valence-corrected chi connectivity index (χ1v) is 8.27. The SMILES string of the molecule is OCCc1cn(-c2cbc(N3CC(Oc4ccccc4)C3)nc2)nn1. The number of aromatic nitrogens is 4. The second-order valence-corrected chi connectivity index (χ2v) is 5.96. The van der Waals surface area contributed by atoms with Gasteiger partial charge in [0, 0.05) is 0 Å². The molecule has 2 aromatic heterocycles. The fraction of sp³-hybridized carbons (Fsp3) is 0.294. The molecular weight excluding hydrogens is 317 g/mol. The first-order chi connectivity index (χ1) is 12.3. The standard InChI is InChI=1S/C17H18BN5O2/c24-7-6-13-10-23(21-20-13)14-8-18-17(19-9-14)22-11-16(12-22)25-15-4-2-1-3-5-15/h1-5,8-10,16,24H,6-7,11-12H2. The number of hydrogen-bond donors (Lipinski definition) is 1. The van der Waals surface area contributed by atoms with Gasteiger partial charge >= 0.3 is 145 Å². The number of para-hydroxylation sites is 1. The number of aliphatic hydroxyl groups excluding tert-OH is 1. The summed E-state index contributed by atoms with van der Waals surface area (Å²) in [6, 6.07) is 9.87. The predicted octanol–water partition coefficient (Wildman–Crippen LogP) is 0.803. The molecular formula is C17H18BN5O2. The van der Waals surface area contributed by atoms with E-state index in [2.05, 4.69) is 20.2 Å². The summed E-state index contributed by atoms with van der Waals surface area (Å²) >= 11 is 0. The Morgan fingerprint density at radius 3 is 2.80 bits per heavy atom. The molecule has 0 bridgehead atoms. The molecule has 0 amide bonds. The van der Waals surface area contributed by atoms with Gasteiger partial charge in [0.05, 0.1) is 0 Å². The van der Waals surface area contributed by atoms with Crippen LogP contribution in [-0.2, 0) is 6.42 Å². The van der Waals surface area contributed by atoms with Crippen LogP contribution in [0.15, 0.2) is 48.7 Å². The average molecular weight is 335 g/mol. The van der Waals surface area contributed by atoms with Crippen molar-refractivity contribution in [1.82, 2.24) is 20.0 Å². The zero-order chi connectivity index (χ0) is 17.1. The number of benzene rings is 1. The molecule has 0 unspecified atom stereocenters. The van der Waals surface area contributed by atoms with Crippen molar-refractivity contribution in [3.63, 3.8) is 0 Å². The molecule has 3 heterocycles. The topological polar surface area (TPSA) is 76.3 Å². The van der Waals surface area contributed by atoms with Crippen molar-refractivity contribution in [2.24, 2.45) is 0 Å². The summed E-state index contributed by atoms with van der Waals surface area (Å²) in [5, 5.41) is 17.0. The molecule has 4 rings (SSSR count). The van der Waals surface area contributed by atoms with Gasteiger partial charge in [-0.2, -0.15) is 0 Å². The van der Waals surface area contributed by atoms with Crippen molar-refractivity contribution in [3.05, 3.63) is 54.4 Å². The van der Waals surface area contributed by atoms with E-state index in [0.717, 1.165) is 35.9 Å². The minimum atomic E-state index is 0.0665. The van der Waals surface area contributed by atoms with Crippen LogP contribution >= 0.6 is 0 Å². The molecule has 1 aliphatic rings. The fourth-order valence-corrected chi connectivity index (χ4v) is 2.75. The molecule has 1 N–H and O–H groups in total. The number of aliphatic hydroxyl groups is 1. The number of nitrogens with zero attached hydrogens (tertiary/aromatic N) is 5. The average Bonchev–Trinajstić information content (AvgIpc) is 3.08. The fourth-order valence-electron chi connectivity index (χ4n) is 2.75. The van der Waals surface area contributed by atoms with Crippen LogP contribution in [0.1, 0.15) is 5.69 Å². The van der Waals surface area contributed by atoms with Gasteiger partial charge in [-0.05, 0) is 0 Å². The minimum absolute atomic E-state index is 0.0665. The van der Waals surface area contributed by atoms with E-state index >= 15 is 0 Å². The molecule has 1 fully saturated rings. The predicted molar refractivity (Wildman–Crippen MR) is 94.4 cm³/mol. The van der Waals surface area contributed by atoms with E-state index in [4.69, 9.17) is 9.84 Å². The Balaban J connectivity index is 1.35. The van der Waals surface area contributed by atoms with E-state index in [1.54, 1.807) is 17.1 Å². The van der Waals surface area contributed by atoms with Gasteiger partial charge in [-0.3, -0.25) is 0 Å². The molecule has 3 aromatic rings. The van der Waals surface area contributed by atoms with E-state index < -0.39 is 0 Å². The van der Waals surface area contributed by atoms with Crippen LogP contribution in [0.4, 0.5) is 5.71 Å². The van der Waals surface area contributed by atoms with Gasteiger partial charge < -0.3 is 0 Å². The number of rotatable bonds is 6. The third-order valence-electron chi connectivity index (χ3n) is 4.12. The summed E-state index contributed by atoms with van der Waals surface area (Å²) in [5.41, 5.74) is 2.53. The van der Waals surface area contributed by atoms with E-state index in [1.165, 1.54) is 0 Å². The van der Waals surface area contributed by atoms with E-state index in [-0.39, 0.29) is 12.7 Å². The van der Waals surface area contributed by atoms with E-state index in [0.29, 0.717) is 6.42 Å². The first kappa shape index (κ1) is 15.8. The van der Waals surface area contributed by atoms with Crippen LogP contribution in [0.3, 0.4) is 0 Å². The summed E-state index contributed by atoms with van der Waals surface area (Å²) in [7, 11) is 0. The molecule has 126 valence electrons. The van der Waals surface area contributed by atoms with Gasteiger partial charge in [-0.25, -0.2) is 0 Å². The second kappa shape index (κ2) is 7.02. The van der Waals surface area contributed by atoms with Crippen LogP contribution in [0.5, 0.6) is 5.75 Å². The Morgan fingerprint density at radius 2 is 2.08 bits per heavy atom. The third-order valence-corrected chi connectivity index (χ3v) is 4.12. The molecule has 25 heavy (non-hydrogen) atoms. The van der Waals surface area contributed by atoms with Crippen LogP contribution in [0.25, 0.3) is 5.69 Å². The quantitative estimate of drug-likeness (QED) is 0.718. The summed E-state index contributed by atoms with van der Waals surface area (Å²) in [6.07, 6.45) is 4.28. The van der Waals surface area contributed by atoms with Crippen molar-refractivity contribution in [2.75, 3.05) is 24.6 Å². The van der Waals surface area contributed by atoms with Crippen LogP contribution in [-0.4, -0.2) is 57.8 Å². The Labute approximate surface area is 146 Å². The number of hydrogen-bond acceptors (Lipinski definition) is 6. The van der Waals surface area contributed by atoms with Gasteiger partial charge in [0.2, 0.25) is 0 Å². The molecule has 1 saturated heterocycles. The van der Waals surface area contributed by atoms with Crippen molar-refractivity contribution < 1.29 is 9.84 Å². The van der Waals surface area contributed by atoms with Crippen molar-refractivity contribution in [1.29, 1.82) is 0 Å². The number of anilines is 1. The summed E-state index contributed by atoms with van der Waals surface area (Å²) in [4.78, 5) is 6.68. The Bertz CT molecular complexity index is 819. The van der Waals surface area contributed by atoms with Crippen LogP contribution < -0.4 is 9.64 Å². The third kappa shape index (κ3) is 3.53. The molecule has 0 atom stereocenters. The monoisotopic (exact) mass is 335 g/mol. The van der Waals surface area contributed by atoms with Gasteiger partial charge in [0.25, 0.3) is 0 Å². The molecule has 0 saturated carbocycles. The van der Waals surface area contributed by atoms with E-state index in [9.17, 15) is 0 Å². The zero-order valence-corrected chi connectivity index (χ0v) is 13.7. The molecule has 0 radical (unpaired) electrons. The Kier molecular flexibility index (Phi) is 4.43. The normalized spacial score (nSPS) is 14.2. The summed E-state index contributed by atoms with van der Waals surface area (Å²) in [6.45, 7) is 3.69. The van der Waals surface area contributed by atoms with Crippen LogP contribution in [0.2, 0.25) is 0 Å². The van der Waals surface area contributed by atoms with Gasteiger partial charge in [-0.15, -0.1) is 0 Å². The van der Waals surface area contributed by atoms with E-state index in [1.807, 2.05) is 43.2 Å². The van der Waals surface area contributed by atoms with Crippen molar-refractivity contribution >= 4 is 12.6 Å². The number of ether oxygens (including phenoxy) is 1. The molecule has 1 aromatic carbocycles. The van der Waals surface area contributed by atoms with Crippen molar-refractivity contribution in [2.45, 2.75) is 12.5 Å². The molecule has 7 nitrogen and oxygen atoms in total. The van der Waals surface area contributed by atoms with Gasteiger partial charge in [-0.1, -0.05) is 0 Å². The summed E-state index contributed by atoms with van der Waals surface area (Å²) < 4.78 is 7.57.